The molecule has 1 heterocycles. The maximum Gasteiger partial charge on any atom is 0.409 e. The summed E-state index contributed by atoms with van der Waals surface area (Å²) in [4.78, 5) is 27.3. The number of esters is 1. The summed E-state index contributed by atoms with van der Waals surface area (Å²) in [6.45, 7) is 4.82. The Morgan fingerprint density at radius 1 is 1.21 bits per heavy atom. The predicted molar refractivity (Wildman–Crippen MR) is 68.7 cm³/mol. The third-order valence-corrected chi connectivity index (χ3v) is 3.74. The van der Waals surface area contributed by atoms with E-state index in [9.17, 15) is 9.59 Å². The Labute approximate surface area is 113 Å². The van der Waals surface area contributed by atoms with Gasteiger partial charge in [-0.1, -0.05) is 0 Å². The summed E-state index contributed by atoms with van der Waals surface area (Å²) in [6, 6.07) is -0.130. The lowest BCUT2D eigenvalue weighted by Gasteiger charge is -2.37. The zero-order valence-corrected chi connectivity index (χ0v) is 11.6. The summed E-state index contributed by atoms with van der Waals surface area (Å²) < 4.78 is 9.88. The van der Waals surface area contributed by atoms with Crippen LogP contribution in [-0.4, -0.2) is 67.8 Å². The number of carbonyl (C=O) groups excluding carboxylic acids is 2. The number of methoxy groups -OCH3 is 1. The van der Waals surface area contributed by atoms with Crippen molar-refractivity contribution >= 4 is 12.1 Å². The van der Waals surface area contributed by atoms with E-state index < -0.39 is 0 Å². The monoisotopic (exact) mass is 270 g/mol. The van der Waals surface area contributed by atoms with Crippen LogP contribution in [0.25, 0.3) is 0 Å². The molecule has 0 aromatic heterocycles. The molecule has 1 unspecified atom stereocenters. The maximum absolute atomic E-state index is 11.8. The number of ether oxygens (including phenoxy) is 2. The minimum absolute atomic E-state index is 0.130. The van der Waals surface area contributed by atoms with Crippen LogP contribution >= 0.6 is 0 Å². The van der Waals surface area contributed by atoms with Gasteiger partial charge in [-0.15, -0.1) is 0 Å². The molecule has 2 fully saturated rings. The van der Waals surface area contributed by atoms with E-state index in [1.165, 1.54) is 7.11 Å². The first-order chi connectivity index (χ1) is 9.17. The molecule has 19 heavy (non-hydrogen) atoms. The SMILES string of the molecule is CCOC(=O)N1CCN(C(C(=O)OC)C2CC2)CC1. The molecule has 6 heteroatoms. The van der Waals surface area contributed by atoms with E-state index in [1.54, 1.807) is 11.8 Å². The molecule has 2 aliphatic rings. The predicted octanol–water partition coefficient (Wildman–Crippen LogP) is 0.712. The summed E-state index contributed by atoms with van der Waals surface area (Å²) in [6.07, 6.45) is 1.93. The molecule has 0 aromatic carbocycles. The number of amides is 1. The zero-order chi connectivity index (χ0) is 13.8. The Hall–Kier alpha value is -1.30. The third kappa shape index (κ3) is 3.37. The zero-order valence-electron chi connectivity index (χ0n) is 11.6. The van der Waals surface area contributed by atoms with Crippen molar-refractivity contribution in [3.63, 3.8) is 0 Å². The number of hydrogen-bond acceptors (Lipinski definition) is 5. The smallest absolute Gasteiger partial charge is 0.409 e. The lowest BCUT2D eigenvalue weighted by Crippen LogP contribution is -2.55. The van der Waals surface area contributed by atoms with Gasteiger partial charge in [-0.3, -0.25) is 9.69 Å². The van der Waals surface area contributed by atoms with Crippen LogP contribution in [0.3, 0.4) is 0 Å². The van der Waals surface area contributed by atoms with E-state index in [0.29, 0.717) is 38.7 Å². The molecule has 1 saturated heterocycles. The van der Waals surface area contributed by atoms with E-state index in [0.717, 1.165) is 12.8 Å². The topological polar surface area (TPSA) is 59.1 Å². The van der Waals surface area contributed by atoms with Gasteiger partial charge in [0, 0.05) is 26.2 Å². The van der Waals surface area contributed by atoms with E-state index in [4.69, 9.17) is 9.47 Å². The van der Waals surface area contributed by atoms with Crippen LogP contribution in [0.4, 0.5) is 4.79 Å². The average molecular weight is 270 g/mol. The van der Waals surface area contributed by atoms with Crippen molar-refractivity contribution in [2.45, 2.75) is 25.8 Å². The number of rotatable bonds is 4. The van der Waals surface area contributed by atoms with Crippen molar-refractivity contribution in [1.29, 1.82) is 0 Å². The highest BCUT2D eigenvalue weighted by Crippen LogP contribution is 2.36. The molecule has 1 aliphatic carbocycles. The van der Waals surface area contributed by atoms with E-state index in [2.05, 4.69) is 4.90 Å². The van der Waals surface area contributed by atoms with Crippen LogP contribution in [0.15, 0.2) is 0 Å². The molecule has 0 bridgehead atoms. The number of carbonyl (C=O) groups is 2. The van der Waals surface area contributed by atoms with Crippen molar-refractivity contribution in [3.05, 3.63) is 0 Å². The first kappa shape index (κ1) is 14.1. The van der Waals surface area contributed by atoms with Crippen LogP contribution in [0.1, 0.15) is 19.8 Å². The molecular weight excluding hydrogens is 248 g/mol. The molecule has 1 amide bonds. The third-order valence-electron chi connectivity index (χ3n) is 3.74. The van der Waals surface area contributed by atoms with Gasteiger partial charge in [0.05, 0.1) is 13.7 Å². The van der Waals surface area contributed by atoms with Crippen molar-refractivity contribution in [3.8, 4) is 0 Å². The van der Waals surface area contributed by atoms with Gasteiger partial charge >= 0.3 is 12.1 Å². The van der Waals surface area contributed by atoms with Crippen molar-refractivity contribution in [1.82, 2.24) is 9.80 Å². The van der Waals surface area contributed by atoms with Crippen LogP contribution in [-0.2, 0) is 14.3 Å². The molecule has 0 radical (unpaired) electrons. The second kappa shape index (κ2) is 6.23. The molecule has 0 aromatic rings. The fraction of sp³-hybridized carbons (Fsp3) is 0.846. The Morgan fingerprint density at radius 2 is 1.84 bits per heavy atom. The molecular formula is C13H22N2O4. The Balaban J connectivity index is 1.87. The summed E-state index contributed by atoms with van der Waals surface area (Å²) in [5.74, 6) is 0.286. The minimum Gasteiger partial charge on any atom is -0.468 e. The van der Waals surface area contributed by atoms with Crippen LogP contribution < -0.4 is 0 Å². The second-order valence-electron chi connectivity index (χ2n) is 5.03. The first-order valence-electron chi connectivity index (χ1n) is 6.91. The van der Waals surface area contributed by atoms with Crippen molar-refractivity contribution in [2.75, 3.05) is 39.9 Å². The lowest BCUT2D eigenvalue weighted by atomic mass is 10.1. The summed E-state index contributed by atoms with van der Waals surface area (Å²) >= 11 is 0. The van der Waals surface area contributed by atoms with Gasteiger partial charge in [-0.05, 0) is 25.7 Å². The largest absolute Gasteiger partial charge is 0.468 e. The van der Waals surface area contributed by atoms with Gasteiger partial charge in [0.1, 0.15) is 6.04 Å². The van der Waals surface area contributed by atoms with E-state index >= 15 is 0 Å². The van der Waals surface area contributed by atoms with E-state index in [1.807, 2.05) is 0 Å². The molecule has 0 spiro atoms. The molecule has 108 valence electrons. The van der Waals surface area contributed by atoms with Gasteiger partial charge in [-0.25, -0.2) is 4.79 Å². The fourth-order valence-electron chi connectivity index (χ4n) is 2.57. The molecule has 0 N–H and O–H groups in total. The summed E-state index contributed by atoms with van der Waals surface area (Å²) in [5, 5.41) is 0. The minimum atomic E-state index is -0.261. The van der Waals surface area contributed by atoms with E-state index in [-0.39, 0.29) is 18.1 Å². The first-order valence-corrected chi connectivity index (χ1v) is 6.91. The van der Waals surface area contributed by atoms with Gasteiger partial charge in [0.15, 0.2) is 0 Å². The van der Waals surface area contributed by atoms with Gasteiger partial charge in [0.2, 0.25) is 0 Å². The van der Waals surface area contributed by atoms with Crippen molar-refractivity contribution in [2.24, 2.45) is 5.92 Å². The Morgan fingerprint density at radius 3 is 2.32 bits per heavy atom. The molecule has 2 rings (SSSR count). The highest BCUT2D eigenvalue weighted by molar-refractivity contribution is 5.76. The maximum atomic E-state index is 11.8. The van der Waals surface area contributed by atoms with Crippen LogP contribution in [0.5, 0.6) is 0 Å². The van der Waals surface area contributed by atoms with Crippen LogP contribution in [0.2, 0.25) is 0 Å². The molecule has 6 nitrogen and oxygen atoms in total. The summed E-state index contributed by atoms with van der Waals surface area (Å²) in [7, 11) is 1.44. The van der Waals surface area contributed by atoms with Gasteiger partial charge < -0.3 is 14.4 Å². The highest BCUT2D eigenvalue weighted by atomic mass is 16.6. The number of hydrogen-bond donors (Lipinski definition) is 0. The van der Waals surface area contributed by atoms with Gasteiger partial charge in [0.25, 0.3) is 0 Å². The molecule has 1 aliphatic heterocycles. The van der Waals surface area contributed by atoms with Gasteiger partial charge in [-0.2, -0.15) is 0 Å². The average Bonchev–Trinajstić information content (AvgIpc) is 3.24. The summed E-state index contributed by atoms with van der Waals surface area (Å²) in [5.41, 5.74) is 0. The quantitative estimate of drug-likeness (QED) is 0.704. The van der Waals surface area contributed by atoms with Crippen molar-refractivity contribution < 1.29 is 19.1 Å². The molecule has 1 atom stereocenters. The fourth-order valence-corrected chi connectivity index (χ4v) is 2.57. The highest BCUT2D eigenvalue weighted by Gasteiger charge is 2.42. The molecule has 1 saturated carbocycles. The number of piperazine rings is 1. The Bertz CT molecular complexity index is 336. The normalized spacial score (nSPS) is 21.9. The standard InChI is InChI=1S/C13H22N2O4/c1-3-19-13(17)15-8-6-14(7-9-15)11(10-4-5-10)12(16)18-2/h10-11H,3-9H2,1-2H3. The van der Waals surface area contributed by atoms with Crippen LogP contribution in [0, 0.1) is 5.92 Å². The number of nitrogens with zero attached hydrogens (tertiary/aromatic N) is 2. The second-order valence-corrected chi connectivity index (χ2v) is 5.03. The Kier molecular flexibility index (Phi) is 4.63. The lowest BCUT2D eigenvalue weighted by molar-refractivity contribution is -0.148.